The molecule has 0 bridgehead atoms. The highest BCUT2D eigenvalue weighted by atomic mass is 32.2. The Hall–Kier alpha value is -1.99. The van der Waals surface area contributed by atoms with E-state index in [0.29, 0.717) is 17.4 Å². The Morgan fingerprint density at radius 2 is 1.85 bits per heavy atom. The minimum atomic E-state index is -0.397. The molecule has 1 amide bonds. The topological polar surface area (TPSA) is 63.0 Å². The predicted octanol–water partition coefficient (Wildman–Crippen LogP) is 2.21. The maximum atomic E-state index is 12.5. The first-order chi connectivity index (χ1) is 13.2. The van der Waals surface area contributed by atoms with Crippen molar-refractivity contribution in [2.45, 2.75) is 18.9 Å². The summed E-state index contributed by atoms with van der Waals surface area (Å²) in [6, 6.07) is 8.97. The summed E-state index contributed by atoms with van der Waals surface area (Å²) in [6.07, 6.45) is 2.08. The van der Waals surface area contributed by atoms with Crippen LogP contribution in [0.1, 0.15) is 12.8 Å². The van der Waals surface area contributed by atoms with Crippen molar-refractivity contribution in [3.8, 4) is 5.75 Å². The molecule has 0 aliphatic carbocycles. The molecule has 4 rings (SSSR count). The normalized spacial score (nSPS) is 19.3. The van der Waals surface area contributed by atoms with E-state index in [1.807, 2.05) is 22.7 Å². The Kier molecular flexibility index (Phi) is 5.69. The van der Waals surface area contributed by atoms with Crippen molar-refractivity contribution in [1.29, 1.82) is 0 Å². The fourth-order valence-electron chi connectivity index (χ4n) is 3.79. The number of thioether (sulfide) groups is 1. The van der Waals surface area contributed by atoms with Crippen molar-refractivity contribution < 1.29 is 13.9 Å². The molecule has 27 heavy (non-hydrogen) atoms. The van der Waals surface area contributed by atoms with Crippen LogP contribution in [0.15, 0.2) is 39.5 Å². The molecule has 1 aromatic carbocycles. The average Bonchev–Trinajstić information content (AvgIpc) is 2.72. The number of piperidine rings is 1. The number of fused-ring (bicyclic) bond motifs is 1. The standard InChI is InChI=1S/C20H24N2O4S/c23-19(22-7-5-16(6-8-22)21-9-11-27-12-10-21)14-25-17-3-1-15-2-4-20(24)26-18(15)13-17/h1-4,13,16H,5-12,14H2. The van der Waals surface area contributed by atoms with Crippen molar-refractivity contribution in [2.75, 3.05) is 44.3 Å². The quantitative estimate of drug-likeness (QED) is 0.749. The molecule has 3 heterocycles. The lowest BCUT2D eigenvalue weighted by Gasteiger charge is -2.40. The molecule has 0 saturated carbocycles. The Bertz CT molecular complexity index is 854. The zero-order valence-electron chi connectivity index (χ0n) is 15.3. The van der Waals surface area contributed by atoms with Gasteiger partial charge in [0.2, 0.25) is 0 Å². The summed E-state index contributed by atoms with van der Waals surface area (Å²) in [7, 11) is 0. The van der Waals surface area contributed by atoms with Gasteiger partial charge in [-0.05, 0) is 31.0 Å². The van der Waals surface area contributed by atoms with Gasteiger partial charge in [0, 0.05) is 61.2 Å². The highest BCUT2D eigenvalue weighted by molar-refractivity contribution is 7.99. The second-order valence-electron chi connectivity index (χ2n) is 7.00. The third-order valence-electron chi connectivity index (χ3n) is 5.34. The van der Waals surface area contributed by atoms with Crippen molar-refractivity contribution in [3.63, 3.8) is 0 Å². The van der Waals surface area contributed by atoms with Gasteiger partial charge in [0.05, 0.1) is 0 Å². The lowest BCUT2D eigenvalue weighted by atomic mass is 10.0. The van der Waals surface area contributed by atoms with Crippen LogP contribution >= 0.6 is 11.8 Å². The molecule has 0 N–H and O–H groups in total. The number of benzene rings is 1. The number of hydrogen-bond donors (Lipinski definition) is 0. The summed E-state index contributed by atoms with van der Waals surface area (Å²) >= 11 is 2.03. The van der Waals surface area contributed by atoms with Gasteiger partial charge in [0.15, 0.2) is 6.61 Å². The Morgan fingerprint density at radius 1 is 1.11 bits per heavy atom. The molecule has 0 unspecified atom stereocenters. The van der Waals surface area contributed by atoms with Gasteiger partial charge in [0.1, 0.15) is 11.3 Å². The van der Waals surface area contributed by atoms with Gasteiger partial charge in [0.25, 0.3) is 5.91 Å². The molecule has 1 aromatic heterocycles. The summed E-state index contributed by atoms with van der Waals surface area (Å²) in [5.74, 6) is 2.99. The fraction of sp³-hybridized carbons (Fsp3) is 0.500. The van der Waals surface area contributed by atoms with Gasteiger partial charge in [-0.1, -0.05) is 0 Å². The van der Waals surface area contributed by atoms with Gasteiger partial charge in [-0.3, -0.25) is 9.69 Å². The number of hydrogen-bond acceptors (Lipinski definition) is 6. The molecule has 0 atom stereocenters. The molecule has 2 saturated heterocycles. The van der Waals surface area contributed by atoms with E-state index in [9.17, 15) is 9.59 Å². The van der Waals surface area contributed by atoms with Gasteiger partial charge in [-0.15, -0.1) is 0 Å². The molecular formula is C20H24N2O4S. The number of amides is 1. The van der Waals surface area contributed by atoms with Crippen LogP contribution in [0.25, 0.3) is 11.0 Å². The fourth-order valence-corrected chi connectivity index (χ4v) is 4.72. The molecule has 6 nitrogen and oxygen atoms in total. The maximum Gasteiger partial charge on any atom is 0.336 e. The molecule has 2 aliphatic heterocycles. The third-order valence-corrected chi connectivity index (χ3v) is 6.28. The maximum absolute atomic E-state index is 12.5. The van der Waals surface area contributed by atoms with Crippen LogP contribution in [0.4, 0.5) is 0 Å². The van der Waals surface area contributed by atoms with Gasteiger partial charge in [-0.25, -0.2) is 4.79 Å². The van der Waals surface area contributed by atoms with E-state index in [1.165, 1.54) is 30.7 Å². The highest BCUT2D eigenvalue weighted by Crippen LogP contribution is 2.22. The number of carbonyl (C=O) groups excluding carboxylic acids is 1. The van der Waals surface area contributed by atoms with E-state index < -0.39 is 5.63 Å². The lowest BCUT2D eigenvalue weighted by Crippen LogP contribution is -2.49. The highest BCUT2D eigenvalue weighted by Gasteiger charge is 2.27. The van der Waals surface area contributed by atoms with E-state index in [1.54, 1.807) is 18.2 Å². The van der Waals surface area contributed by atoms with E-state index in [2.05, 4.69) is 4.90 Å². The van der Waals surface area contributed by atoms with Gasteiger partial charge < -0.3 is 14.1 Å². The molecule has 7 heteroatoms. The smallest absolute Gasteiger partial charge is 0.336 e. The summed E-state index contributed by atoms with van der Waals surface area (Å²) in [5.41, 5.74) is 0.0684. The largest absolute Gasteiger partial charge is 0.484 e. The Labute approximate surface area is 162 Å². The first kappa shape index (κ1) is 18.4. The number of carbonyl (C=O) groups is 1. The van der Waals surface area contributed by atoms with Crippen LogP contribution in [0.5, 0.6) is 5.75 Å². The zero-order valence-corrected chi connectivity index (χ0v) is 16.1. The van der Waals surface area contributed by atoms with Crippen LogP contribution in [0, 0.1) is 0 Å². The number of rotatable bonds is 4. The van der Waals surface area contributed by atoms with E-state index in [-0.39, 0.29) is 12.5 Å². The zero-order chi connectivity index (χ0) is 18.6. The SMILES string of the molecule is O=C(COc1ccc2ccc(=O)oc2c1)N1CCC(N2CCSCC2)CC1. The van der Waals surface area contributed by atoms with Crippen molar-refractivity contribution in [3.05, 3.63) is 40.8 Å². The van der Waals surface area contributed by atoms with Crippen LogP contribution < -0.4 is 10.4 Å². The van der Waals surface area contributed by atoms with Crippen LogP contribution in [0.3, 0.4) is 0 Å². The molecule has 2 fully saturated rings. The molecule has 2 aromatic rings. The second kappa shape index (κ2) is 8.35. The number of likely N-dealkylation sites (tertiary alicyclic amines) is 1. The predicted molar refractivity (Wildman–Crippen MR) is 106 cm³/mol. The summed E-state index contributed by atoms with van der Waals surface area (Å²) < 4.78 is 10.8. The first-order valence-electron chi connectivity index (χ1n) is 9.45. The van der Waals surface area contributed by atoms with Gasteiger partial charge >= 0.3 is 5.63 Å². The van der Waals surface area contributed by atoms with Crippen LogP contribution in [-0.4, -0.2) is 66.0 Å². The molecular weight excluding hydrogens is 364 g/mol. The van der Waals surface area contributed by atoms with Crippen LogP contribution in [0.2, 0.25) is 0 Å². The Balaban J connectivity index is 1.29. The average molecular weight is 388 g/mol. The minimum absolute atomic E-state index is 0.00753. The van der Waals surface area contributed by atoms with E-state index in [0.717, 1.165) is 31.3 Å². The van der Waals surface area contributed by atoms with Gasteiger partial charge in [-0.2, -0.15) is 11.8 Å². The first-order valence-corrected chi connectivity index (χ1v) is 10.6. The second-order valence-corrected chi connectivity index (χ2v) is 8.23. The molecule has 0 spiro atoms. The van der Waals surface area contributed by atoms with Crippen molar-refractivity contribution >= 4 is 28.6 Å². The molecule has 2 aliphatic rings. The molecule has 0 radical (unpaired) electrons. The monoisotopic (exact) mass is 388 g/mol. The molecule has 144 valence electrons. The summed E-state index contributed by atoms with van der Waals surface area (Å²) in [5, 5.41) is 0.825. The summed E-state index contributed by atoms with van der Waals surface area (Å²) in [6.45, 7) is 3.94. The number of nitrogens with zero attached hydrogens (tertiary/aromatic N) is 2. The van der Waals surface area contributed by atoms with Crippen LogP contribution in [-0.2, 0) is 4.79 Å². The van der Waals surface area contributed by atoms with E-state index in [4.69, 9.17) is 9.15 Å². The summed E-state index contributed by atoms with van der Waals surface area (Å²) in [4.78, 5) is 28.3. The lowest BCUT2D eigenvalue weighted by molar-refractivity contribution is -0.134. The number of ether oxygens (including phenoxy) is 1. The van der Waals surface area contributed by atoms with Crippen molar-refractivity contribution in [2.24, 2.45) is 0 Å². The van der Waals surface area contributed by atoms with E-state index >= 15 is 0 Å². The Morgan fingerprint density at radius 3 is 2.63 bits per heavy atom. The minimum Gasteiger partial charge on any atom is -0.484 e. The van der Waals surface area contributed by atoms with Crippen molar-refractivity contribution in [1.82, 2.24) is 9.80 Å². The third kappa shape index (κ3) is 4.47.